The van der Waals surface area contributed by atoms with Gasteiger partial charge in [0.15, 0.2) is 0 Å². The molecular formula is C32H38ClN3O4. The van der Waals surface area contributed by atoms with E-state index in [9.17, 15) is 14.7 Å². The van der Waals surface area contributed by atoms with Crippen molar-refractivity contribution in [2.24, 2.45) is 11.7 Å². The molecule has 1 aliphatic rings. The molecule has 1 saturated heterocycles. The molecule has 1 heterocycles. The van der Waals surface area contributed by atoms with Crippen LogP contribution in [0.3, 0.4) is 0 Å². The fourth-order valence-corrected chi connectivity index (χ4v) is 6.04. The van der Waals surface area contributed by atoms with Crippen LogP contribution in [-0.2, 0) is 18.6 Å². The Labute approximate surface area is 241 Å². The van der Waals surface area contributed by atoms with Gasteiger partial charge in [-0.2, -0.15) is 0 Å². The Hall–Kier alpha value is -3.39. The zero-order valence-corrected chi connectivity index (χ0v) is 23.7. The average Bonchev–Trinajstić information content (AvgIpc) is 2.98. The summed E-state index contributed by atoms with van der Waals surface area (Å²) in [7, 11) is 0. The van der Waals surface area contributed by atoms with E-state index in [-0.39, 0.29) is 18.4 Å². The number of likely N-dealkylation sites (tertiary alicyclic amines) is 1. The maximum absolute atomic E-state index is 13.5. The van der Waals surface area contributed by atoms with Crippen LogP contribution in [0.2, 0.25) is 5.02 Å². The monoisotopic (exact) mass is 563 g/mol. The summed E-state index contributed by atoms with van der Waals surface area (Å²) in [5, 5.41) is 24.6. The Morgan fingerprint density at radius 3 is 2.55 bits per heavy atom. The lowest BCUT2D eigenvalue weighted by atomic mass is 9.72. The molecule has 0 bridgehead atoms. The van der Waals surface area contributed by atoms with Crippen molar-refractivity contribution in [2.45, 2.75) is 51.2 Å². The van der Waals surface area contributed by atoms with Crippen LogP contribution in [0.5, 0.6) is 0 Å². The molecule has 0 radical (unpaired) electrons. The largest absolute Gasteiger partial charge is 0.465 e. The molecule has 8 heteroatoms. The number of benzene rings is 3. The van der Waals surface area contributed by atoms with Crippen molar-refractivity contribution in [3.8, 4) is 11.1 Å². The molecule has 2 unspecified atom stereocenters. The number of nitrogens with two attached hydrogens (primary N) is 1. The third kappa shape index (κ3) is 6.66. The second-order valence-corrected chi connectivity index (χ2v) is 10.9. The highest BCUT2D eigenvalue weighted by Crippen LogP contribution is 2.45. The number of halogens is 1. The van der Waals surface area contributed by atoms with Crippen molar-refractivity contribution in [3.05, 3.63) is 94.0 Å². The molecular weight excluding hydrogens is 526 g/mol. The molecule has 4 rings (SSSR count). The number of rotatable bonds is 10. The minimum atomic E-state index is -1.34. The first-order valence-electron chi connectivity index (χ1n) is 13.9. The third-order valence-corrected chi connectivity index (χ3v) is 8.25. The van der Waals surface area contributed by atoms with Crippen molar-refractivity contribution in [1.29, 1.82) is 0 Å². The summed E-state index contributed by atoms with van der Waals surface area (Å²) in [4.78, 5) is 26.4. The van der Waals surface area contributed by atoms with Crippen molar-refractivity contribution in [1.82, 2.24) is 10.2 Å². The lowest BCUT2D eigenvalue weighted by molar-refractivity contribution is -0.0563. The average molecular weight is 564 g/mol. The normalized spacial score (nSPS) is 16.8. The zero-order chi connectivity index (χ0) is 28.7. The molecule has 7 nitrogen and oxygen atoms in total. The molecule has 1 fully saturated rings. The van der Waals surface area contributed by atoms with E-state index in [4.69, 9.17) is 22.4 Å². The van der Waals surface area contributed by atoms with Gasteiger partial charge in [-0.05, 0) is 72.6 Å². The molecule has 40 heavy (non-hydrogen) atoms. The number of nitrogens with one attached hydrogen (secondary N) is 1. The van der Waals surface area contributed by atoms with Crippen LogP contribution < -0.4 is 11.1 Å². The van der Waals surface area contributed by atoms with Gasteiger partial charge < -0.3 is 26.2 Å². The molecule has 0 aromatic heterocycles. The Bertz CT molecular complexity index is 1330. The second-order valence-electron chi connectivity index (χ2n) is 10.5. The number of carboxylic acid groups (broad SMARTS) is 1. The number of aryl methyl sites for hydroxylation is 1. The van der Waals surface area contributed by atoms with Gasteiger partial charge in [0.1, 0.15) is 0 Å². The van der Waals surface area contributed by atoms with E-state index in [1.54, 1.807) is 12.1 Å². The molecule has 3 aromatic carbocycles. The summed E-state index contributed by atoms with van der Waals surface area (Å²) in [6.07, 6.45) is 1.97. The molecule has 3 aromatic rings. The van der Waals surface area contributed by atoms with Crippen molar-refractivity contribution >= 4 is 23.6 Å². The van der Waals surface area contributed by atoms with E-state index in [1.165, 1.54) is 0 Å². The number of piperidine rings is 1. The van der Waals surface area contributed by atoms with Crippen LogP contribution in [0.15, 0.2) is 66.7 Å². The van der Waals surface area contributed by atoms with Crippen molar-refractivity contribution in [2.75, 3.05) is 19.6 Å². The SMILES string of the molecule is CCc1cccc(-c2c(Cl)cccc2C(O)(CCCNC(=O)O)C2CCCN(C(=O)c3ccc(CN)cc3)C2)c1. The minimum absolute atomic E-state index is 0.0786. The van der Waals surface area contributed by atoms with Gasteiger partial charge in [-0.3, -0.25) is 4.79 Å². The lowest BCUT2D eigenvalue weighted by Gasteiger charge is -2.44. The highest BCUT2D eigenvalue weighted by Gasteiger charge is 2.43. The fraction of sp³-hybridized carbons (Fsp3) is 0.375. The fourth-order valence-electron chi connectivity index (χ4n) is 5.75. The summed E-state index contributed by atoms with van der Waals surface area (Å²) < 4.78 is 0. The van der Waals surface area contributed by atoms with Gasteiger partial charge in [0.05, 0.1) is 5.60 Å². The van der Waals surface area contributed by atoms with Crippen LogP contribution in [0, 0.1) is 5.92 Å². The Balaban J connectivity index is 1.71. The number of nitrogens with zero attached hydrogens (tertiary/aromatic N) is 1. The molecule has 0 spiro atoms. The van der Waals surface area contributed by atoms with Crippen LogP contribution in [0.25, 0.3) is 11.1 Å². The first-order valence-corrected chi connectivity index (χ1v) is 14.3. The standard InChI is InChI=1S/C32H38ClN3O4/c1-2-22-7-3-8-25(19-22)29-27(10-4-11-28(29)33)32(40,16-6-17-35-31(38)39)26-9-5-18-36(21-26)30(37)24-14-12-23(20-34)13-15-24/h3-4,7-8,10-15,19,26,35,40H,2,5-6,9,16-18,20-21,34H2,1H3,(H,38,39). The number of hydrogen-bond donors (Lipinski definition) is 4. The second kappa shape index (κ2) is 13.3. The molecule has 0 aliphatic carbocycles. The number of carbonyl (C=O) groups is 2. The van der Waals surface area contributed by atoms with Crippen LogP contribution in [-0.4, -0.2) is 46.7 Å². The van der Waals surface area contributed by atoms with Gasteiger partial charge in [-0.25, -0.2) is 4.79 Å². The first-order chi connectivity index (χ1) is 19.3. The summed E-state index contributed by atoms with van der Waals surface area (Å²) in [5.41, 5.74) is 9.48. The number of amides is 2. The number of carbonyl (C=O) groups excluding carboxylic acids is 1. The first kappa shape index (κ1) is 29.6. The Morgan fingerprint density at radius 2 is 1.85 bits per heavy atom. The minimum Gasteiger partial charge on any atom is -0.465 e. The van der Waals surface area contributed by atoms with E-state index in [1.807, 2.05) is 47.4 Å². The van der Waals surface area contributed by atoms with E-state index in [2.05, 4.69) is 24.4 Å². The maximum atomic E-state index is 13.5. The maximum Gasteiger partial charge on any atom is 0.404 e. The third-order valence-electron chi connectivity index (χ3n) is 7.94. The topological polar surface area (TPSA) is 116 Å². The predicted octanol–water partition coefficient (Wildman–Crippen LogP) is 5.82. The smallest absolute Gasteiger partial charge is 0.404 e. The van der Waals surface area contributed by atoms with Crippen LogP contribution in [0.1, 0.15) is 59.7 Å². The summed E-state index contributed by atoms with van der Waals surface area (Å²) in [6.45, 7) is 3.69. The van der Waals surface area contributed by atoms with Gasteiger partial charge in [0.2, 0.25) is 0 Å². The van der Waals surface area contributed by atoms with E-state index >= 15 is 0 Å². The summed E-state index contributed by atoms with van der Waals surface area (Å²) in [6, 6.07) is 21.1. The molecule has 5 N–H and O–H groups in total. The van der Waals surface area contributed by atoms with E-state index in [0.717, 1.165) is 41.5 Å². The van der Waals surface area contributed by atoms with Gasteiger partial charge in [0, 0.05) is 48.2 Å². The van der Waals surface area contributed by atoms with Gasteiger partial charge in [-0.1, -0.05) is 67.1 Å². The Morgan fingerprint density at radius 1 is 1.10 bits per heavy atom. The highest BCUT2D eigenvalue weighted by molar-refractivity contribution is 6.33. The lowest BCUT2D eigenvalue weighted by Crippen LogP contribution is -2.48. The van der Waals surface area contributed by atoms with Gasteiger partial charge in [-0.15, -0.1) is 0 Å². The summed E-state index contributed by atoms with van der Waals surface area (Å²) >= 11 is 6.82. The quantitative estimate of drug-likeness (QED) is 0.232. The van der Waals surface area contributed by atoms with Gasteiger partial charge in [0.25, 0.3) is 5.91 Å². The molecule has 1 aliphatic heterocycles. The van der Waals surface area contributed by atoms with Gasteiger partial charge >= 0.3 is 6.09 Å². The molecule has 2 atom stereocenters. The van der Waals surface area contributed by atoms with E-state index in [0.29, 0.717) is 48.6 Å². The molecule has 2 amide bonds. The predicted molar refractivity (Wildman–Crippen MR) is 158 cm³/mol. The molecule has 0 saturated carbocycles. The van der Waals surface area contributed by atoms with E-state index < -0.39 is 11.7 Å². The van der Waals surface area contributed by atoms with Crippen molar-refractivity contribution in [3.63, 3.8) is 0 Å². The van der Waals surface area contributed by atoms with Crippen molar-refractivity contribution < 1.29 is 19.8 Å². The van der Waals surface area contributed by atoms with Crippen LogP contribution in [0.4, 0.5) is 4.79 Å². The number of aliphatic hydroxyl groups is 1. The van der Waals surface area contributed by atoms with Crippen LogP contribution >= 0.6 is 11.6 Å². The Kier molecular flexibility index (Phi) is 9.85. The molecule has 212 valence electrons. The number of hydrogen-bond acceptors (Lipinski definition) is 4. The highest BCUT2D eigenvalue weighted by atomic mass is 35.5. The zero-order valence-electron chi connectivity index (χ0n) is 22.9. The summed E-state index contributed by atoms with van der Waals surface area (Å²) in [5.74, 6) is -0.352.